The van der Waals surface area contributed by atoms with Crippen molar-refractivity contribution < 1.29 is 9.84 Å². The van der Waals surface area contributed by atoms with E-state index in [2.05, 4.69) is 4.98 Å². The van der Waals surface area contributed by atoms with Gasteiger partial charge in [0.15, 0.2) is 0 Å². The molecule has 1 aromatic heterocycles. The fourth-order valence-corrected chi connectivity index (χ4v) is 2.13. The number of aromatic nitrogens is 1. The van der Waals surface area contributed by atoms with Gasteiger partial charge >= 0.3 is 0 Å². The molecule has 3 rings (SSSR count). The van der Waals surface area contributed by atoms with E-state index < -0.39 is 0 Å². The van der Waals surface area contributed by atoms with Crippen molar-refractivity contribution in [2.45, 2.75) is 13.2 Å². The molecule has 0 radical (unpaired) electrons. The molecular formula is C16H15NO2. The van der Waals surface area contributed by atoms with Crippen molar-refractivity contribution in [2.24, 2.45) is 0 Å². The number of ether oxygens (including phenoxy) is 1. The molecule has 0 spiro atoms. The Balaban J connectivity index is 1.86. The predicted molar refractivity (Wildman–Crippen MR) is 75.0 cm³/mol. The molecule has 2 aromatic carbocycles. The van der Waals surface area contributed by atoms with Crippen LogP contribution in [0.4, 0.5) is 0 Å². The monoisotopic (exact) mass is 253 g/mol. The quantitative estimate of drug-likeness (QED) is 0.749. The lowest BCUT2D eigenvalue weighted by Gasteiger charge is -2.07. The summed E-state index contributed by atoms with van der Waals surface area (Å²) in [5.74, 6) is 0.807. The molecule has 0 saturated carbocycles. The lowest BCUT2D eigenvalue weighted by molar-refractivity contribution is 0.277. The van der Waals surface area contributed by atoms with Crippen LogP contribution in [0.15, 0.2) is 54.6 Å². The van der Waals surface area contributed by atoms with Crippen molar-refractivity contribution in [3.8, 4) is 5.75 Å². The molecule has 3 heteroatoms. The fourth-order valence-electron chi connectivity index (χ4n) is 2.13. The summed E-state index contributed by atoms with van der Waals surface area (Å²) in [6, 6.07) is 17.9. The molecule has 96 valence electrons. The minimum Gasteiger partial charge on any atom is -0.487 e. The summed E-state index contributed by atoms with van der Waals surface area (Å²) < 4.78 is 5.85. The van der Waals surface area contributed by atoms with Crippen LogP contribution in [0, 0.1) is 0 Å². The number of hydrogen-bond acceptors (Lipinski definition) is 2. The second-order valence-corrected chi connectivity index (χ2v) is 4.45. The standard InChI is InChI=1S/C16H15NO2/c18-10-14-9-13-7-4-8-15(16(13)17-14)19-11-12-5-2-1-3-6-12/h1-9,17-18H,10-11H2. The third kappa shape index (κ3) is 2.46. The van der Waals surface area contributed by atoms with E-state index in [1.54, 1.807) is 0 Å². The third-order valence-corrected chi connectivity index (χ3v) is 3.08. The van der Waals surface area contributed by atoms with E-state index >= 15 is 0 Å². The predicted octanol–water partition coefficient (Wildman–Crippen LogP) is 3.24. The van der Waals surface area contributed by atoms with Crippen molar-refractivity contribution in [2.75, 3.05) is 0 Å². The summed E-state index contributed by atoms with van der Waals surface area (Å²) >= 11 is 0. The molecule has 0 aliphatic carbocycles. The fraction of sp³-hybridized carbons (Fsp3) is 0.125. The number of para-hydroxylation sites is 1. The number of hydrogen-bond donors (Lipinski definition) is 2. The van der Waals surface area contributed by atoms with Crippen LogP contribution in [-0.2, 0) is 13.2 Å². The molecule has 0 unspecified atom stereocenters. The molecule has 3 aromatic rings. The topological polar surface area (TPSA) is 45.2 Å². The maximum absolute atomic E-state index is 9.17. The van der Waals surface area contributed by atoms with Crippen LogP contribution in [0.25, 0.3) is 10.9 Å². The average Bonchev–Trinajstić information content (AvgIpc) is 2.90. The van der Waals surface area contributed by atoms with Gasteiger partial charge in [0.1, 0.15) is 12.4 Å². The Morgan fingerprint density at radius 1 is 1.00 bits per heavy atom. The molecule has 2 N–H and O–H groups in total. The van der Waals surface area contributed by atoms with Crippen LogP contribution < -0.4 is 4.74 Å². The van der Waals surface area contributed by atoms with Gasteiger partial charge in [-0.15, -0.1) is 0 Å². The van der Waals surface area contributed by atoms with Crippen molar-refractivity contribution in [1.29, 1.82) is 0 Å². The molecule has 0 amide bonds. The molecule has 1 heterocycles. The van der Waals surface area contributed by atoms with Gasteiger partial charge in [0.25, 0.3) is 0 Å². The van der Waals surface area contributed by atoms with E-state index in [1.807, 2.05) is 54.6 Å². The van der Waals surface area contributed by atoms with Gasteiger partial charge in [0, 0.05) is 11.1 Å². The zero-order valence-electron chi connectivity index (χ0n) is 10.5. The molecular weight excluding hydrogens is 238 g/mol. The van der Waals surface area contributed by atoms with E-state index in [9.17, 15) is 0 Å². The average molecular weight is 253 g/mol. The Morgan fingerprint density at radius 2 is 1.84 bits per heavy atom. The molecule has 0 fully saturated rings. The van der Waals surface area contributed by atoms with Gasteiger partial charge in [0.2, 0.25) is 0 Å². The zero-order valence-corrected chi connectivity index (χ0v) is 10.5. The van der Waals surface area contributed by atoms with Crippen LogP contribution in [0.2, 0.25) is 0 Å². The first-order valence-electron chi connectivity index (χ1n) is 6.25. The minimum absolute atomic E-state index is 0.00675. The summed E-state index contributed by atoms with van der Waals surface area (Å²) in [6.07, 6.45) is 0. The first-order valence-corrected chi connectivity index (χ1v) is 6.25. The van der Waals surface area contributed by atoms with Gasteiger partial charge in [0.05, 0.1) is 12.1 Å². The Hall–Kier alpha value is -2.26. The lowest BCUT2D eigenvalue weighted by atomic mass is 10.2. The van der Waals surface area contributed by atoms with Crippen LogP contribution in [0.1, 0.15) is 11.3 Å². The van der Waals surface area contributed by atoms with E-state index in [-0.39, 0.29) is 6.61 Å². The van der Waals surface area contributed by atoms with E-state index in [0.717, 1.165) is 27.9 Å². The summed E-state index contributed by atoms with van der Waals surface area (Å²) in [5.41, 5.74) is 2.86. The molecule has 0 atom stereocenters. The number of fused-ring (bicyclic) bond motifs is 1. The highest BCUT2D eigenvalue weighted by atomic mass is 16.5. The highest BCUT2D eigenvalue weighted by molar-refractivity contribution is 5.86. The number of aromatic amines is 1. The molecule has 3 nitrogen and oxygen atoms in total. The third-order valence-electron chi connectivity index (χ3n) is 3.08. The summed E-state index contributed by atoms with van der Waals surface area (Å²) in [6.45, 7) is 0.542. The number of rotatable bonds is 4. The summed E-state index contributed by atoms with van der Waals surface area (Å²) in [5, 5.41) is 10.2. The highest BCUT2D eigenvalue weighted by Gasteiger charge is 2.06. The number of aliphatic hydroxyl groups excluding tert-OH is 1. The van der Waals surface area contributed by atoms with Crippen LogP contribution in [0.5, 0.6) is 5.75 Å². The Labute approximate surface area is 111 Å². The van der Waals surface area contributed by atoms with Crippen LogP contribution in [0.3, 0.4) is 0 Å². The van der Waals surface area contributed by atoms with E-state index in [0.29, 0.717) is 6.61 Å². The van der Waals surface area contributed by atoms with Gasteiger partial charge in [-0.3, -0.25) is 0 Å². The van der Waals surface area contributed by atoms with Gasteiger partial charge in [-0.25, -0.2) is 0 Å². The first-order chi connectivity index (χ1) is 9.36. The number of aliphatic hydroxyl groups is 1. The van der Waals surface area contributed by atoms with Crippen molar-refractivity contribution in [1.82, 2.24) is 4.98 Å². The number of benzene rings is 2. The van der Waals surface area contributed by atoms with Gasteiger partial charge in [-0.2, -0.15) is 0 Å². The van der Waals surface area contributed by atoms with E-state index in [4.69, 9.17) is 9.84 Å². The molecule has 0 bridgehead atoms. The van der Waals surface area contributed by atoms with Gasteiger partial charge in [-0.1, -0.05) is 42.5 Å². The second-order valence-electron chi connectivity index (χ2n) is 4.45. The molecule has 0 aliphatic heterocycles. The summed E-state index contributed by atoms with van der Waals surface area (Å²) in [4.78, 5) is 3.18. The lowest BCUT2D eigenvalue weighted by Crippen LogP contribution is -1.95. The largest absolute Gasteiger partial charge is 0.487 e. The van der Waals surface area contributed by atoms with Crippen molar-refractivity contribution in [3.05, 3.63) is 65.9 Å². The van der Waals surface area contributed by atoms with Gasteiger partial charge < -0.3 is 14.8 Å². The van der Waals surface area contributed by atoms with E-state index in [1.165, 1.54) is 0 Å². The minimum atomic E-state index is 0.00675. The van der Waals surface area contributed by atoms with Crippen LogP contribution in [-0.4, -0.2) is 10.1 Å². The maximum atomic E-state index is 9.17. The molecule has 0 aliphatic rings. The van der Waals surface area contributed by atoms with Crippen LogP contribution >= 0.6 is 0 Å². The number of H-pyrrole nitrogens is 1. The Kier molecular flexibility index (Phi) is 3.21. The normalized spacial score (nSPS) is 10.8. The second kappa shape index (κ2) is 5.16. The summed E-state index contributed by atoms with van der Waals surface area (Å²) in [7, 11) is 0. The van der Waals surface area contributed by atoms with Gasteiger partial charge in [-0.05, 0) is 17.7 Å². The first kappa shape index (κ1) is 11.8. The zero-order chi connectivity index (χ0) is 13.1. The van der Waals surface area contributed by atoms with Crippen molar-refractivity contribution >= 4 is 10.9 Å². The maximum Gasteiger partial charge on any atom is 0.143 e. The van der Waals surface area contributed by atoms with Crippen molar-refractivity contribution in [3.63, 3.8) is 0 Å². The highest BCUT2D eigenvalue weighted by Crippen LogP contribution is 2.26. The Bertz CT molecular complexity index is 674. The molecule has 19 heavy (non-hydrogen) atoms. The number of nitrogens with one attached hydrogen (secondary N) is 1. The Morgan fingerprint density at radius 3 is 2.63 bits per heavy atom. The molecule has 0 saturated heterocycles. The SMILES string of the molecule is OCc1cc2cccc(OCc3ccccc3)c2[nH]1. The smallest absolute Gasteiger partial charge is 0.143 e.